The molecule has 1 N–H and O–H groups in total. The van der Waals surface area contributed by atoms with E-state index in [1.54, 1.807) is 23.1 Å². The lowest BCUT2D eigenvalue weighted by Gasteiger charge is -2.31. The zero-order valence-electron chi connectivity index (χ0n) is 19.7. The highest BCUT2D eigenvalue weighted by atomic mass is 16.3. The van der Waals surface area contributed by atoms with Crippen molar-refractivity contribution in [1.82, 2.24) is 20.3 Å². The number of fused-ring (bicyclic) bond motifs is 1. The quantitative estimate of drug-likeness (QED) is 0.356. The number of aromatic nitrogens is 3. The van der Waals surface area contributed by atoms with Crippen LogP contribution in [0.15, 0.2) is 102 Å². The molecule has 5 aromatic rings. The average Bonchev–Trinajstić information content (AvgIpc) is 3.57. The summed E-state index contributed by atoms with van der Waals surface area (Å²) < 4.78 is 6.93. The van der Waals surface area contributed by atoms with Gasteiger partial charge in [0.15, 0.2) is 0 Å². The largest absolute Gasteiger partial charge is 0.467 e. The maximum absolute atomic E-state index is 13.9. The first-order chi connectivity index (χ1) is 17.6. The minimum absolute atomic E-state index is 0.0801. The number of hydrogen-bond acceptors (Lipinski definition) is 5. The van der Waals surface area contributed by atoms with Gasteiger partial charge in [-0.15, -0.1) is 5.10 Å². The van der Waals surface area contributed by atoms with Crippen LogP contribution in [0.5, 0.6) is 0 Å². The SMILES string of the molecule is Cc1ccc([C@@H](C(=O)NCc2ccco2)N(C(=O)Cn2nnc3ccccc32)c2ccccc2)cc1. The molecule has 2 heterocycles. The predicted molar refractivity (Wildman–Crippen MR) is 136 cm³/mol. The molecule has 2 amide bonds. The number of amides is 2. The molecule has 3 aromatic carbocycles. The van der Waals surface area contributed by atoms with Crippen molar-refractivity contribution in [2.24, 2.45) is 0 Å². The highest BCUT2D eigenvalue weighted by Crippen LogP contribution is 2.29. The van der Waals surface area contributed by atoms with Crippen molar-refractivity contribution < 1.29 is 14.0 Å². The number of carbonyl (C=O) groups is 2. The van der Waals surface area contributed by atoms with E-state index in [9.17, 15) is 9.59 Å². The van der Waals surface area contributed by atoms with Gasteiger partial charge >= 0.3 is 0 Å². The number of aryl methyl sites for hydroxylation is 1. The van der Waals surface area contributed by atoms with E-state index in [4.69, 9.17) is 4.42 Å². The van der Waals surface area contributed by atoms with Crippen molar-refractivity contribution >= 4 is 28.5 Å². The van der Waals surface area contributed by atoms with Gasteiger partial charge in [0.05, 0.1) is 18.3 Å². The molecule has 0 aliphatic heterocycles. The highest BCUT2D eigenvalue weighted by Gasteiger charge is 2.33. The Bertz CT molecular complexity index is 1460. The third kappa shape index (κ3) is 4.88. The fourth-order valence-electron chi connectivity index (χ4n) is 4.11. The van der Waals surface area contributed by atoms with Gasteiger partial charge in [0.1, 0.15) is 23.9 Å². The molecule has 0 radical (unpaired) electrons. The fourth-order valence-corrected chi connectivity index (χ4v) is 4.11. The summed E-state index contributed by atoms with van der Waals surface area (Å²) >= 11 is 0. The van der Waals surface area contributed by atoms with Crippen LogP contribution in [0.25, 0.3) is 11.0 Å². The predicted octanol–water partition coefficient (Wildman–Crippen LogP) is 4.42. The van der Waals surface area contributed by atoms with Gasteiger partial charge in [0.2, 0.25) is 11.8 Å². The zero-order valence-corrected chi connectivity index (χ0v) is 19.7. The molecule has 2 aromatic heterocycles. The molecule has 0 bridgehead atoms. The molecule has 180 valence electrons. The van der Waals surface area contributed by atoms with Gasteiger partial charge in [-0.2, -0.15) is 0 Å². The second-order valence-electron chi connectivity index (χ2n) is 8.45. The molecule has 0 fully saturated rings. The molecule has 1 atom stereocenters. The molecule has 36 heavy (non-hydrogen) atoms. The Morgan fingerprint density at radius 1 is 0.944 bits per heavy atom. The molecule has 0 saturated carbocycles. The summed E-state index contributed by atoms with van der Waals surface area (Å²) in [5.41, 5.74) is 3.79. The topological polar surface area (TPSA) is 93.3 Å². The molecule has 5 rings (SSSR count). The first-order valence-corrected chi connectivity index (χ1v) is 11.6. The molecule has 0 aliphatic rings. The lowest BCUT2D eigenvalue weighted by Crippen LogP contribution is -2.45. The number of furan rings is 1. The summed E-state index contributed by atoms with van der Waals surface area (Å²) in [4.78, 5) is 29.1. The van der Waals surface area contributed by atoms with Crippen LogP contribution >= 0.6 is 0 Å². The van der Waals surface area contributed by atoms with Crippen molar-refractivity contribution in [3.63, 3.8) is 0 Å². The Hall–Kier alpha value is -4.72. The third-order valence-electron chi connectivity index (χ3n) is 5.92. The number of rotatable bonds is 8. The van der Waals surface area contributed by atoms with Gasteiger partial charge in [-0.05, 0) is 48.9 Å². The molecular formula is C28H25N5O3. The standard InChI is InChI=1S/C28H25N5O3/c1-20-13-15-21(16-14-20)27(28(35)29-18-23-10-7-17-36-23)33(22-8-3-2-4-9-22)26(34)19-32-25-12-6-5-11-24(25)30-31-32/h2-17,27H,18-19H2,1H3,(H,29,35)/t27-/m0/s1. The second-order valence-corrected chi connectivity index (χ2v) is 8.45. The number of carbonyl (C=O) groups excluding carboxylic acids is 2. The van der Waals surface area contributed by atoms with E-state index in [2.05, 4.69) is 15.6 Å². The molecule has 0 aliphatic carbocycles. The van der Waals surface area contributed by atoms with E-state index in [1.807, 2.05) is 85.8 Å². The monoisotopic (exact) mass is 479 g/mol. The van der Waals surface area contributed by atoms with Crippen LogP contribution in [-0.4, -0.2) is 26.8 Å². The van der Waals surface area contributed by atoms with Crippen LogP contribution in [0.4, 0.5) is 5.69 Å². The van der Waals surface area contributed by atoms with Crippen LogP contribution in [0.1, 0.15) is 22.9 Å². The van der Waals surface area contributed by atoms with E-state index in [-0.39, 0.29) is 24.9 Å². The Labute approximate surface area is 208 Å². The molecule has 8 nitrogen and oxygen atoms in total. The Kier molecular flexibility index (Phi) is 6.57. The molecule has 0 spiro atoms. The summed E-state index contributed by atoms with van der Waals surface area (Å²) in [6.07, 6.45) is 1.56. The summed E-state index contributed by atoms with van der Waals surface area (Å²) in [6.45, 7) is 2.10. The number of benzene rings is 3. The van der Waals surface area contributed by atoms with Crippen molar-refractivity contribution in [3.05, 3.63) is 114 Å². The number of para-hydroxylation sites is 2. The molecular weight excluding hydrogens is 454 g/mol. The second kappa shape index (κ2) is 10.3. The summed E-state index contributed by atoms with van der Waals surface area (Å²) in [7, 11) is 0. The van der Waals surface area contributed by atoms with E-state index in [0.29, 0.717) is 22.5 Å². The van der Waals surface area contributed by atoms with E-state index < -0.39 is 6.04 Å². The lowest BCUT2D eigenvalue weighted by molar-refractivity contribution is -0.127. The molecule has 0 unspecified atom stereocenters. The number of nitrogens with zero attached hydrogens (tertiary/aromatic N) is 4. The maximum Gasteiger partial charge on any atom is 0.249 e. The molecule has 8 heteroatoms. The number of anilines is 1. The first kappa shape index (κ1) is 23.0. The van der Waals surface area contributed by atoms with Gasteiger partial charge in [0.25, 0.3) is 0 Å². The summed E-state index contributed by atoms with van der Waals surface area (Å²) in [5.74, 6) is 0.00385. The first-order valence-electron chi connectivity index (χ1n) is 11.6. The van der Waals surface area contributed by atoms with Crippen LogP contribution < -0.4 is 10.2 Å². The Morgan fingerprint density at radius 2 is 1.69 bits per heavy atom. The van der Waals surface area contributed by atoms with Gasteiger partial charge in [-0.25, -0.2) is 4.68 Å². The van der Waals surface area contributed by atoms with E-state index in [0.717, 1.165) is 11.1 Å². The van der Waals surface area contributed by atoms with Crippen LogP contribution in [-0.2, 0) is 22.7 Å². The van der Waals surface area contributed by atoms with Gasteiger partial charge in [-0.3, -0.25) is 14.5 Å². The smallest absolute Gasteiger partial charge is 0.249 e. The van der Waals surface area contributed by atoms with Crippen molar-refractivity contribution in [1.29, 1.82) is 0 Å². The normalized spacial score (nSPS) is 11.8. The van der Waals surface area contributed by atoms with Crippen molar-refractivity contribution in [3.8, 4) is 0 Å². The van der Waals surface area contributed by atoms with Crippen molar-refractivity contribution in [2.75, 3.05) is 4.90 Å². The van der Waals surface area contributed by atoms with Gasteiger partial charge in [0, 0.05) is 5.69 Å². The van der Waals surface area contributed by atoms with E-state index in [1.165, 1.54) is 4.90 Å². The maximum atomic E-state index is 13.9. The summed E-state index contributed by atoms with van der Waals surface area (Å²) in [5, 5.41) is 11.3. The Morgan fingerprint density at radius 3 is 2.44 bits per heavy atom. The number of nitrogens with one attached hydrogen (secondary N) is 1. The summed E-state index contributed by atoms with van der Waals surface area (Å²) in [6, 6.07) is 26.9. The van der Waals surface area contributed by atoms with Crippen LogP contribution in [0.3, 0.4) is 0 Å². The average molecular weight is 480 g/mol. The highest BCUT2D eigenvalue weighted by molar-refractivity contribution is 6.01. The fraction of sp³-hybridized carbons (Fsp3) is 0.143. The third-order valence-corrected chi connectivity index (χ3v) is 5.92. The Balaban J connectivity index is 1.53. The van der Waals surface area contributed by atoms with Crippen LogP contribution in [0, 0.1) is 6.92 Å². The molecule has 0 saturated heterocycles. The number of hydrogen-bond donors (Lipinski definition) is 1. The lowest BCUT2D eigenvalue weighted by atomic mass is 10.0. The zero-order chi connectivity index (χ0) is 24.9. The van der Waals surface area contributed by atoms with Crippen LogP contribution in [0.2, 0.25) is 0 Å². The minimum Gasteiger partial charge on any atom is -0.467 e. The van der Waals surface area contributed by atoms with Gasteiger partial charge in [-0.1, -0.05) is 65.4 Å². The van der Waals surface area contributed by atoms with Crippen molar-refractivity contribution in [2.45, 2.75) is 26.1 Å². The van der Waals surface area contributed by atoms with E-state index >= 15 is 0 Å². The minimum atomic E-state index is -0.912. The van der Waals surface area contributed by atoms with Gasteiger partial charge < -0.3 is 9.73 Å².